The minimum Gasteiger partial charge on any atom is -0.365 e. The van der Waals surface area contributed by atoms with Crippen LogP contribution in [0.2, 0.25) is 0 Å². The first kappa shape index (κ1) is 18.3. The van der Waals surface area contributed by atoms with Gasteiger partial charge in [-0.15, -0.1) is 11.3 Å². The van der Waals surface area contributed by atoms with Gasteiger partial charge in [0.25, 0.3) is 5.91 Å². The molecule has 0 aliphatic heterocycles. The van der Waals surface area contributed by atoms with Crippen LogP contribution in [0.25, 0.3) is 10.2 Å². The summed E-state index contributed by atoms with van der Waals surface area (Å²) in [5.74, 6) is 1.62. The van der Waals surface area contributed by atoms with Gasteiger partial charge < -0.3 is 10.6 Å². The summed E-state index contributed by atoms with van der Waals surface area (Å²) in [4.78, 5) is 23.4. The van der Waals surface area contributed by atoms with Crippen molar-refractivity contribution < 1.29 is 4.79 Å². The summed E-state index contributed by atoms with van der Waals surface area (Å²) in [6, 6.07) is 7.68. The van der Waals surface area contributed by atoms with Crippen molar-refractivity contribution in [2.75, 3.05) is 11.9 Å². The smallest absolute Gasteiger partial charge is 0.251 e. The summed E-state index contributed by atoms with van der Waals surface area (Å²) >= 11 is 1.70. The molecule has 1 amide bonds. The van der Waals surface area contributed by atoms with Gasteiger partial charge in [0.1, 0.15) is 16.5 Å². The number of benzene rings is 1. The van der Waals surface area contributed by atoms with E-state index in [1.165, 1.54) is 10.4 Å². The van der Waals surface area contributed by atoms with Crippen LogP contribution in [0.1, 0.15) is 45.5 Å². The number of fused-ring (bicyclic) bond motifs is 1. The number of thiophene rings is 1. The predicted octanol–water partition coefficient (Wildman–Crippen LogP) is 4.37. The Kier molecular flexibility index (Phi) is 5.52. The minimum atomic E-state index is -0.0242. The molecule has 3 rings (SSSR count). The topological polar surface area (TPSA) is 66.9 Å². The van der Waals surface area contributed by atoms with E-state index >= 15 is 0 Å². The van der Waals surface area contributed by atoms with Crippen molar-refractivity contribution in [1.29, 1.82) is 0 Å². The van der Waals surface area contributed by atoms with Crippen LogP contribution in [0, 0.1) is 20.8 Å². The molecule has 0 aliphatic carbocycles. The molecule has 0 spiro atoms. The lowest BCUT2D eigenvalue weighted by atomic mass is 10.1. The Bertz CT molecular complexity index is 931. The Morgan fingerprint density at radius 1 is 1.12 bits per heavy atom. The minimum absolute atomic E-state index is 0.0242. The number of aromatic nitrogens is 2. The van der Waals surface area contributed by atoms with Crippen molar-refractivity contribution in [3.63, 3.8) is 0 Å². The van der Waals surface area contributed by atoms with Crippen LogP contribution in [0.15, 0.2) is 24.3 Å². The number of rotatable bonds is 6. The Morgan fingerprint density at radius 2 is 1.85 bits per heavy atom. The molecule has 0 aliphatic rings. The number of hydrogen-bond donors (Lipinski definition) is 2. The first-order valence-electron chi connectivity index (χ1n) is 8.85. The molecule has 2 aromatic heterocycles. The Hall–Kier alpha value is -2.47. The summed E-state index contributed by atoms with van der Waals surface area (Å²) < 4.78 is 0. The third kappa shape index (κ3) is 3.85. The standard InChI is InChI=1S/C20H24N4OS/c1-5-10-21-19(25)16-8-6-15(7-9-16)11-22-18-17-12(2)13(3)26-20(17)24-14(4)23-18/h6-9H,5,10-11H2,1-4H3,(H,21,25)(H,22,23,24). The fourth-order valence-electron chi connectivity index (χ4n) is 2.78. The molecule has 6 heteroatoms. The predicted molar refractivity (Wildman–Crippen MR) is 108 cm³/mol. The van der Waals surface area contributed by atoms with Crippen molar-refractivity contribution in [3.8, 4) is 0 Å². The second-order valence-corrected chi connectivity index (χ2v) is 7.59. The maximum absolute atomic E-state index is 12.0. The summed E-state index contributed by atoms with van der Waals surface area (Å²) in [6.45, 7) is 9.53. The highest BCUT2D eigenvalue weighted by Crippen LogP contribution is 2.33. The van der Waals surface area contributed by atoms with Gasteiger partial charge in [-0.1, -0.05) is 19.1 Å². The van der Waals surface area contributed by atoms with E-state index in [9.17, 15) is 4.79 Å². The third-order valence-corrected chi connectivity index (χ3v) is 5.45. The molecule has 3 aromatic rings. The van der Waals surface area contributed by atoms with Gasteiger partial charge in [-0.2, -0.15) is 0 Å². The fraction of sp³-hybridized carbons (Fsp3) is 0.350. The van der Waals surface area contributed by atoms with E-state index in [0.29, 0.717) is 18.7 Å². The van der Waals surface area contributed by atoms with E-state index in [0.717, 1.165) is 33.8 Å². The van der Waals surface area contributed by atoms with Crippen molar-refractivity contribution in [2.45, 2.75) is 40.7 Å². The normalized spacial score (nSPS) is 10.9. The van der Waals surface area contributed by atoms with Crippen molar-refractivity contribution >= 4 is 33.3 Å². The van der Waals surface area contributed by atoms with Gasteiger partial charge in [0.2, 0.25) is 0 Å². The van der Waals surface area contributed by atoms with Crippen LogP contribution in [0.5, 0.6) is 0 Å². The number of nitrogens with one attached hydrogen (secondary N) is 2. The van der Waals surface area contributed by atoms with E-state index in [-0.39, 0.29) is 5.91 Å². The number of carbonyl (C=O) groups is 1. The molecule has 0 saturated heterocycles. The van der Waals surface area contributed by atoms with Crippen LogP contribution in [0.3, 0.4) is 0 Å². The van der Waals surface area contributed by atoms with Crippen molar-refractivity contribution in [1.82, 2.24) is 15.3 Å². The van der Waals surface area contributed by atoms with Gasteiger partial charge in [-0.3, -0.25) is 4.79 Å². The Balaban J connectivity index is 1.75. The second kappa shape index (κ2) is 7.83. The summed E-state index contributed by atoms with van der Waals surface area (Å²) in [5.41, 5.74) is 3.02. The van der Waals surface area contributed by atoms with Crippen LogP contribution in [0.4, 0.5) is 5.82 Å². The molecule has 0 radical (unpaired) electrons. The maximum Gasteiger partial charge on any atom is 0.251 e. The molecular formula is C20H24N4OS. The lowest BCUT2D eigenvalue weighted by molar-refractivity contribution is 0.0953. The van der Waals surface area contributed by atoms with E-state index in [1.807, 2.05) is 38.1 Å². The van der Waals surface area contributed by atoms with Crippen molar-refractivity contribution in [3.05, 3.63) is 51.7 Å². The largest absolute Gasteiger partial charge is 0.365 e. The Morgan fingerprint density at radius 3 is 2.54 bits per heavy atom. The molecule has 136 valence electrons. The van der Waals surface area contributed by atoms with Gasteiger partial charge >= 0.3 is 0 Å². The van der Waals surface area contributed by atoms with Gasteiger partial charge in [-0.05, 0) is 50.5 Å². The molecular weight excluding hydrogens is 344 g/mol. The number of hydrogen-bond acceptors (Lipinski definition) is 5. The highest BCUT2D eigenvalue weighted by molar-refractivity contribution is 7.18. The van der Waals surface area contributed by atoms with Crippen LogP contribution < -0.4 is 10.6 Å². The average molecular weight is 369 g/mol. The lowest BCUT2D eigenvalue weighted by Crippen LogP contribution is -2.23. The zero-order chi connectivity index (χ0) is 18.7. The molecule has 0 fully saturated rings. The maximum atomic E-state index is 12.0. The fourth-order valence-corrected chi connectivity index (χ4v) is 3.86. The van der Waals surface area contributed by atoms with Gasteiger partial charge in [-0.25, -0.2) is 9.97 Å². The number of carbonyl (C=O) groups excluding carboxylic acids is 1. The van der Waals surface area contributed by atoms with Crippen LogP contribution in [-0.4, -0.2) is 22.4 Å². The molecule has 2 N–H and O–H groups in total. The molecule has 0 atom stereocenters. The summed E-state index contributed by atoms with van der Waals surface area (Å²) in [7, 11) is 0. The average Bonchev–Trinajstić information content (AvgIpc) is 2.91. The summed E-state index contributed by atoms with van der Waals surface area (Å²) in [5, 5.41) is 7.43. The first-order valence-corrected chi connectivity index (χ1v) is 9.66. The number of nitrogens with zero attached hydrogens (tertiary/aromatic N) is 2. The monoisotopic (exact) mass is 368 g/mol. The van der Waals surface area contributed by atoms with Gasteiger partial charge in [0.15, 0.2) is 0 Å². The zero-order valence-electron chi connectivity index (χ0n) is 15.6. The number of aryl methyl sites for hydroxylation is 3. The zero-order valence-corrected chi connectivity index (χ0v) is 16.5. The molecule has 0 bridgehead atoms. The number of anilines is 1. The summed E-state index contributed by atoms with van der Waals surface area (Å²) in [6.07, 6.45) is 0.933. The molecule has 0 unspecified atom stereocenters. The highest BCUT2D eigenvalue weighted by Gasteiger charge is 2.13. The molecule has 26 heavy (non-hydrogen) atoms. The lowest BCUT2D eigenvalue weighted by Gasteiger charge is -2.09. The quantitative estimate of drug-likeness (QED) is 0.678. The molecule has 5 nitrogen and oxygen atoms in total. The van der Waals surface area contributed by atoms with Gasteiger partial charge in [0.05, 0.1) is 5.39 Å². The third-order valence-electron chi connectivity index (χ3n) is 4.35. The van der Waals surface area contributed by atoms with Crippen LogP contribution >= 0.6 is 11.3 Å². The first-order chi connectivity index (χ1) is 12.5. The molecule has 2 heterocycles. The second-order valence-electron chi connectivity index (χ2n) is 6.39. The van der Waals surface area contributed by atoms with E-state index in [4.69, 9.17) is 0 Å². The number of amides is 1. The molecule has 1 aromatic carbocycles. The van der Waals surface area contributed by atoms with E-state index in [2.05, 4.69) is 34.4 Å². The SMILES string of the molecule is CCCNC(=O)c1ccc(CNc2nc(C)nc3sc(C)c(C)c23)cc1. The molecule has 0 saturated carbocycles. The Labute approximate surface area is 157 Å². The highest BCUT2D eigenvalue weighted by atomic mass is 32.1. The van der Waals surface area contributed by atoms with Gasteiger partial charge in [0, 0.05) is 23.5 Å². The van der Waals surface area contributed by atoms with Crippen molar-refractivity contribution in [2.24, 2.45) is 0 Å². The van der Waals surface area contributed by atoms with Crippen LogP contribution in [-0.2, 0) is 6.54 Å². The van der Waals surface area contributed by atoms with E-state index in [1.54, 1.807) is 11.3 Å². The van der Waals surface area contributed by atoms with E-state index < -0.39 is 0 Å².